The van der Waals surface area contributed by atoms with Crippen LogP contribution in [0.5, 0.6) is 0 Å². The van der Waals surface area contributed by atoms with Crippen molar-refractivity contribution in [3.63, 3.8) is 0 Å². The smallest absolute Gasteiger partial charge is 0.435 e. The highest BCUT2D eigenvalue weighted by Gasteiger charge is 2.42. The van der Waals surface area contributed by atoms with Gasteiger partial charge < -0.3 is 10.0 Å². The molecule has 1 amide bonds. The van der Waals surface area contributed by atoms with Gasteiger partial charge in [-0.3, -0.25) is 14.3 Å². The maximum atomic E-state index is 13.6. The fourth-order valence-electron chi connectivity index (χ4n) is 5.50. The lowest BCUT2D eigenvalue weighted by Gasteiger charge is -2.32. The molecule has 6 nitrogen and oxygen atoms in total. The van der Waals surface area contributed by atoms with Crippen molar-refractivity contribution < 1.29 is 27.9 Å². The van der Waals surface area contributed by atoms with E-state index in [4.69, 9.17) is 5.11 Å². The normalized spacial score (nSPS) is 25.3. The number of rotatable bonds is 4. The Morgan fingerprint density at radius 3 is 2.32 bits per heavy atom. The SMILES string of the molecule is O=C(C[C@H]1CC[C@H](C(=O)O)CC1)N1CCc2c(C(F)(F)F)nn(C3CCCCC3)c2C1. The van der Waals surface area contributed by atoms with Crippen LogP contribution in [-0.4, -0.2) is 38.2 Å². The zero-order valence-electron chi connectivity index (χ0n) is 17.7. The van der Waals surface area contributed by atoms with E-state index in [9.17, 15) is 22.8 Å². The predicted molar refractivity (Wildman–Crippen MR) is 106 cm³/mol. The van der Waals surface area contributed by atoms with Crippen molar-refractivity contribution in [1.82, 2.24) is 14.7 Å². The molecule has 2 saturated carbocycles. The summed E-state index contributed by atoms with van der Waals surface area (Å²) < 4.78 is 42.4. The fourth-order valence-corrected chi connectivity index (χ4v) is 5.50. The summed E-state index contributed by atoms with van der Waals surface area (Å²) in [6, 6.07) is -0.0278. The van der Waals surface area contributed by atoms with E-state index in [0.717, 1.165) is 32.1 Å². The zero-order valence-corrected chi connectivity index (χ0v) is 17.7. The minimum Gasteiger partial charge on any atom is -0.481 e. The molecule has 0 spiro atoms. The van der Waals surface area contributed by atoms with Crippen molar-refractivity contribution in [2.24, 2.45) is 11.8 Å². The van der Waals surface area contributed by atoms with Crippen LogP contribution >= 0.6 is 0 Å². The highest BCUT2D eigenvalue weighted by Crippen LogP contribution is 2.39. The fraction of sp³-hybridized carbons (Fsp3) is 0.773. The molecule has 1 N–H and O–H groups in total. The molecule has 2 fully saturated rings. The number of carbonyl (C=O) groups is 2. The zero-order chi connectivity index (χ0) is 22.2. The molecule has 0 bridgehead atoms. The Morgan fingerprint density at radius 2 is 1.71 bits per heavy atom. The van der Waals surface area contributed by atoms with Gasteiger partial charge in [-0.2, -0.15) is 18.3 Å². The molecule has 2 aliphatic carbocycles. The Morgan fingerprint density at radius 1 is 1.03 bits per heavy atom. The number of nitrogens with zero attached hydrogens (tertiary/aromatic N) is 3. The second-order valence-electron chi connectivity index (χ2n) is 9.33. The van der Waals surface area contributed by atoms with E-state index in [1.54, 1.807) is 9.58 Å². The van der Waals surface area contributed by atoms with Crippen LogP contribution in [0.1, 0.15) is 87.2 Å². The summed E-state index contributed by atoms with van der Waals surface area (Å²) in [5, 5.41) is 13.2. The molecule has 9 heteroatoms. The Kier molecular flexibility index (Phi) is 6.30. The number of hydrogen-bond donors (Lipinski definition) is 1. The van der Waals surface area contributed by atoms with Crippen LogP contribution in [0.2, 0.25) is 0 Å². The van der Waals surface area contributed by atoms with Crippen LogP contribution in [0.4, 0.5) is 13.2 Å². The van der Waals surface area contributed by atoms with Gasteiger partial charge in [0, 0.05) is 18.5 Å². The lowest BCUT2D eigenvalue weighted by molar-refractivity contribution is -0.143. The Bertz CT molecular complexity index is 822. The van der Waals surface area contributed by atoms with Gasteiger partial charge in [0.15, 0.2) is 5.69 Å². The van der Waals surface area contributed by atoms with Crippen LogP contribution in [-0.2, 0) is 28.7 Å². The van der Waals surface area contributed by atoms with Crippen molar-refractivity contribution >= 4 is 11.9 Å². The molecule has 1 aliphatic heterocycles. The summed E-state index contributed by atoms with van der Waals surface area (Å²) in [5.74, 6) is -0.993. The van der Waals surface area contributed by atoms with Gasteiger partial charge in [0.1, 0.15) is 0 Å². The van der Waals surface area contributed by atoms with E-state index in [2.05, 4.69) is 5.10 Å². The Hall–Kier alpha value is -2.06. The highest BCUT2D eigenvalue weighted by atomic mass is 19.4. The molecule has 1 aromatic heterocycles. The predicted octanol–water partition coefficient (Wildman–Crippen LogP) is 4.57. The molecule has 0 saturated heterocycles. The number of carboxylic acid groups (broad SMARTS) is 1. The summed E-state index contributed by atoms with van der Waals surface area (Å²) in [5.41, 5.74) is 0.0182. The van der Waals surface area contributed by atoms with Crippen molar-refractivity contribution in [3.8, 4) is 0 Å². The maximum absolute atomic E-state index is 13.6. The van der Waals surface area contributed by atoms with Crippen molar-refractivity contribution in [2.75, 3.05) is 6.54 Å². The van der Waals surface area contributed by atoms with Crippen LogP contribution in [0, 0.1) is 11.8 Å². The number of aromatic nitrogens is 2. The highest BCUT2D eigenvalue weighted by molar-refractivity contribution is 5.77. The first-order valence-corrected chi connectivity index (χ1v) is 11.4. The van der Waals surface area contributed by atoms with Crippen LogP contribution < -0.4 is 0 Å². The molecule has 31 heavy (non-hydrogen) atoms. The molecular formula is C22H30F3N3O3. The van der Waals surface area contributed by atoms with Crippen LogP contribution in [0.25, 0.3) is 0 Å². The molecule has 0 unspecified atom stereocenters. The van der Waals surface area contributed by atoms with Crippen molar-refractivity contribution in [3.05, 3.63) is 17.0 Å². The summed E-state index contributed by atoms with van der Waals surface area (Å²) in [6.07, 6.45) is 3.34. The average Bonchev–Trinajstić information content (AvgIpc) is 3.14. The average molecular weight is 441 g/mol. The summed E-state index contributed by atoms with van der Waals surface area (Å²) >= 11 is 0. The van der Waals surface area contributed by atoms with Gasteiger partial charge >= 0.3 is 12.1 Å². The number of hydrogen-bond acceptors (Lipinski definition) is 3. The largest absolute Gasteiger partial charge is 0.481 e. The number of fused-ring (bicyclic) bond motifs is 1. The van der Waals surface area contributed by atoms with E-state index in [1.165, 1.54) is 0 Å². The third-order valence-corrected chi connectivity index (χ3v) is 7.29. The monoisotopic (exact) mass is 441 g/mol. The van der Waals surface area contributed by atoms with Crippen LogP contribution in [0.15, 0.2) is 0 Å². The molecule has 2 heterocycles. The van der Waals surface area contributed by atoms with E-state index >= 15 is 0 Å². The van der Waals surface area contributed by atoms with Gasteiger partial charge in [0.05, 0.1) is 24.2 Å². The third kappa shape index (κ3) is 4.75. The molecule has 4 rings (SSSR count). The molecule has 172 valence electrons. The molecule has 0 aromatic carbocycles. The summed E-state index contributed by atoms with van der Waals surface area (Å²) in [6.45, 7) is 0.452. The second kappa shape index (κ2) is 8.82. The van der Waals surface area contributed by atoms with Crippen molar-refractivity contribution in [1.29, 1.82) is 0 Å². The van der Waals surface area contributed by atoms with E-state index in [1.807, 2.05) is 0 Å². The number of halogens is 3. The number of carboxylic acids is 1. The van der Waals surface area contributed by atoms with Gasteiger partial charge in [0.2, 0.25) is 5.91 Å². The summed E-state index contributed by atoms with van der Waals surface area (Å²) in [7, 11) is 0. The van der Waals surface area contributed by atoms with Gasteiger partial charge in [0.25, 0.3) is 0 Å². The maximum Gasteiger partial charge on any atom is 0.435 e. The Labute approximate surface area is 179 Å². The third-order valence-electron chi connectivity index (χ3n) is 7.29. The first kappa shape index (κ1) is 22.1. The number of alkyl halides is 3. The minimum absolute atomic E-state index is 0.0278. The first-order valence-electron chi connectivity index (χ1n) is 11.4. The van der Waals surface area contributed by atoms with E-state index in [0.29, 0.717) is 37.8 Å². The lowest BCUT2D eigenvalue weighted by Crippen LogP contribution is -2.38. The lowest BCUT2D eigenvalue weighted by atomic mass is 9.80. The van der Waals surface area contributed by atoms with E-state index < -0.39 is 17.8 Å². The van der Waals surface area contributed by atoms with Crippen LogP contribution in [0.3, 0.4) is 0 Å². The molecule has 3 aliphatic rings. The summed E-state index contributed by atoms with van der Waals surface area (Å²) in [4.78, 5) is 25.7. The standard InChI is InChI=1S/C22H30F3N3O3/c23-22(24,25)20-17-10-11-27(13-18(17)28(26-20)16-4-2-1-3-5-16)19(29)12-14-6-8-15(9-7-14)21(30)31/h14-16H,1-13H2,(H,30,31)/t14-,15-. The first-order chi connectivity index (χ1) is 14.7. The molecular weight excluding hydrogens is 411 g/mol. The van der Waals surface area contributed by atoms with Gasteiger partial charge in [-0.05, 0) is 50.9 Å². The van der Waals surface area contributed by atoms with Gasteiger partial charge in [-0.25, -0.2) is 0 Å². The number of carbonyl (C=O) groups excluding carboxylic acids is 1. The van der Waals surface area contributed by atoms with Gasteiger partial charge in [-0.15, -0.1) is 0 Å². The molecule has 0 atom stereocenters. The molecule has 1 aromatic rings. The Balaban J connectivity index is 1.47. The quantitative estimate of drug-likeness (QED) is 0.743. The van der Waals surface area contributed by atoms with Gasteiger partial charge in [-0.1, -0.05) is 19.3 Å². The molecule has 0 radical (unpaired) electrons. The topological polar surface area (TPSA) is 75.4 Å². The second-order valence-corrected chi connectivity index (χ2v) is 9.33. The minimum atomic E-state index is -4.49. The number of aliphatic carboxylic acids is 1. The van der Waals surface area contributed by atoms with Crippen molar-refractivity contribution in [2.45, 2.75) is 89.4 Å². The number of amides is 1. The van der Waals surface area contributed by atoms with E-state index in [-0.39, 0.29) is 48.9 Å².